The summed E-state index contributed by atoms with van der Waals surface area (Å²) in [6, 6.07) is 0. The van der Waals surface area contributed by atoms with Crippen molar-refractivity contribution >= 4 is 0 Å². The average molecular weight is 313 g/mol. The molecular formula is C21H44O. The van der Waals surface area contributed by atoms with Gasteiger partial charge in [0.2, 0.25) is 0 Å². The van der Waals surface area contributed by atoms with Gasteiger partial charge in [0, 0.05) is 0 Å². The molecule has 0 aromatic rings. The van der Waals surface area contributed by atoms with Crippen LogP contribution in [0.1, 0.15) is 130 Å². The molecule has 0 aliphatic carbocycles. The predicted molar refractivity (Wildman–Crippen MR) is 100 cm³/mol. The second kappa shape index (κ2) is 15.8. The van der Waals surface area contributed by atoms with Gasteiger partial charge in [0.15, 0.2) is 0 Å². The van der Waals surface area contributed by atoms with Crippen LogP contribution in [0.15, 0.2) is 0 Å². The van der Waals surface area contributed by atoms with E-state index < -0.39 is 5.60 Å². The van der Waals surface area contributed by atoms with Gasteiger partial charge in [0.05, 0.1) is 5.60 Å². The highest BCUT2D eigenvalue weighted by atomic mass is 16.3. The van der Waals surface area contributed by atoms with E-state index in [4.69, 9.17) is 0 Å². The molecule has 0 heterocycles. The maximum absolute atomic E-state index is 10.1. The van der Waals surface area contributed by atoms with Crippen LogP contribution in [-0.4, -0.2) is 10.7 Å². The minimum atomic E-state index is -0.411. The van der Waals surface area contributed by atoms with E-state index in [1.165, 1.54) is 89.9 Å². The number of hydrogen-bond acceptors (Lipinski definition) is 1. The molecule has 1 nitrogen and oxygen atoms in total. The number of unbranched alkanes of at least 4 members (excludes halogenated alkanes) is 13. The van der Waals surface area contributed by atoms with Gasteiger partial charge in [0.1, 0.15) is 0 Å². The lowest BCUT2D eigenvalue weighted by Gasteiger charge is -2.22. The van der Waals surface area contributed by atoms with Gasteiger partial charge in [-0.3, -0.25) is 0 Å². The first-order valence-electron chi connectivity index (χ1n) is 10.3. The van der Waals surface area contributed by atoms with E-state index in [-0.39, 0.29) is 0 Å². The van der Waals surface area contributed by atoms with Gasteiger partial charge in [-0.2, -0.15) is 0 Å². The molecular weight excluding hydrogens is 268 g/mol. The van der Waals surface area contributed by atoms with E-state index >= 15 is 0 Å². The smallest absolute Gasteiger partial charge is 0.0619 e. The summed E-state index contributed by atoms with van der Waals surface area (Å²) >= 11 is 0. The summed E-state index contributed by atoms with van der Waals surface area (Å²) in [6.45, 7) is 6.44. The second-order valence-electron chi connectivity index (χ2n) is 7.59. The fourth-order valence-electron chi connectivity index (χ4n) is 3.36. The van der Waals surface area contributed by atoms with Gasteiger partial charge in [0.25, 0.3) is 0 Å². The lowest BCUT2D eigenvalue weighted by molar-refractivity contribution is 0.0386. The topological polar surface area (TPSA) is 20.2 Å². The van der Waals surface area contributed by atoms with Crippen LogP contribution in [0.25, 0.3) is 0 Å². The van der Waals surface area contributed by atoms with Crippen molar-refractivity contribution in [2.24, 2.45) is 0 Å². The maximum atomic E-state index is 10.1. The molecule has 1 unspecified atom stereocenters. The first-order chi connectivity index (χ1) is 10.6. The highest BCUT2D eigenvalue weighted by molar-refractivity contribution is 4.71. The zero-order valence-corrected chi connectivity index (χ0v) is 16.0. The van der Waals surface area contributed by atoms with E-state index in [9.17, 15) is 5.11 Å². The molecule has 0 saturated heterocycles. The van der Waals surface area contributed by atoms with E-state index in [0.29, 0.717) is 0 Å². The second-order valence-corrected chi connectivity index (χ2v) is 7.59. The van der Waals surface area contributed by atoms with Crippen molar-refractivity contribution in [1.82, 2.24) is 0 Å². The third-order valence-corrected chi connectivity index (χ3v) is 4.86. The Kier molecular flexibility index (Phi) is 15.8. The summed E-state index contributed by atoms with van der Waals surface area (Å²) in [7, 11) is 0. The fraction of sp³-hybridized carbons (Fsp3) is 1.00. The van der Waals surface area contributed by atoms with Crippen molar-refractivity contribution in [2.75, 3.05) is 0 Å². The number of rotatable bonds is 17. The Morgan fingerprint density at radius 1 is 0.500 bits per heavy atom. The van der Waals surface area contributed by atoms with Crippen LogP contribution in [0.5, 0.6) is 0 Å². The highest BCUT2D eigenvalue weighted by Crippen LogP contribution is 2.20. The monoisotopic (exact) mass is 312 g/mol. The molecule has 22 heavy (non-hydrogen) atoms. The van der Waals surface area contributed by atoms with Crippen LogP contribution in [0, 0.1) is 0 Å². The molecule has 0 amide bonds. The summed E-state index contributed by atoms with van der Waals surface area (Å²) in [5.41, 5.74) is -0.411. The predicted octanol–water partition coefficient (Wildman–Crippen LogP) is 7.41. The van der Waals surface area contributed by atoms with Crippen molar-refractivity contribution in [3.8, 4) is 0 Å². The SMILES string of the molecule is CCCCCCCCCCCCCCCCC(C)(O)CCC. The van der Waals surface area contributed by atoms with Gasteiger partial charge in [-0.15, -0.1) is 0 Å². The van der Waals surface area contributed by atoms with Crippen molar-refractivity contribution in [3.05, 3.63) is 0 Å². The van der Waals surface area contributed by atoms with E-state index in [1.54, 1.807) is 0 Å². The minimum absolute atomic E-state index is 0.411. The molecule has 0 bridgehead atoms. The van der Waals surface area contributed by atoms with Gasteiger partial charge in [-0.1, -0.05) is 110 Å². The Hall–Kier alpha value is -0.0400. The molecule has 134 valence electrons. The molecule has 0 saturated carbocycles. The third kappa shape index (κ3) is 16.3. The lowest BCUT2D eigenvalue weighted by Crippen LogP contribution is -2.23. The number of aliphatic hydroxyl groups is 1. The Labute approximate surface area is 141 Å². The van der Waals surface area contributed by atoms with Crippen molar-refractivity contribution in [1.29, 1.82) is 0 Å². The largest absolute Gasteiger partial charge is 0.390 e. The lowest BCUT2D eigenvalue weighted by atomic mass is 9.93. The summed E-state index contributed by atoms with van der Waals surface area (Å²) < 4.78 is 0. The van der Waals surface area contributed by atoms with Crippen molar-refractivity contribution < 1.29 is 5.11 Å². The highest BCUT2D eigenvalue weighted by Gasteiger charge is 2.17. The quantitative estimate of drug-likeness (QED) is 0.277. The molecule has 0 aliphatic rings. The van der Waals surface area contributed by atoms with Crippen molar-refractivity contribution in [2.45, 2.75) is 136 Å². The van der Waals surface area contributed by atoms with Crippen LogP contribution in [0.3, 0.4) is 0 Å². The van der Waals surface area contributed by atoms with Crippen LogP contribution in [0.4, 0.5) is 0 Å². The molecule has 0 radical (unpaired) electrons. The molecule has 0 aliphatic heterocycles. The normalized spacial score (nSPS) is 14.2. The zero-order valence-electron chi connectivity index (χ0n) is 16.0. The van der Waals surface area contributed by atoms with Gasteiger partial charge >= 0.3 is 0 Å². The molecule has 1 atom stereocenters. The Bertz CT molecular complexity index is 210. The van der Waals surface area contributed by atoms with E-state index in [1.807, 2.05) is 6.92 Å². The Morgan fingerprint density at radius 2 is 0.864 bits per heavy atom. The first kappa shape index (κ1) is 22.0. The van der Waals surface area contributed by atoms with Crippen molar-refractivity contribution in [3.63, 3.8) is 0 Å². The van der Waals surface area contributed by atoms with Gasteiger partial charge in [-0.05, 0) is 19.8 Å². The molecule has 0 spiro atoms. The van der Waals surface area contributed by atoms with Gasteiger partial charge in [-0.25, -0.2) is 0 Å². The third-order valence-electron chi connectivity index (χ3n) is 4.86. The van der Waals surface area contributed by atoms with Crippen LogP contribution < -0.4 is 0 Å². The molecule has 0 aromatic carbocycles. The molecule has 0 fully saturated rings. The van der Waals surface area contributed by atoms with Crippen LogP contribution in [-0.2, 0) is 0 Å². The molecule has 1 N–H and O–H groups in total. The number of hydrogen-bond donors (Lipinski definition) is 1. The zero-order chi connectivity index (χ0) is 16.5. The van der Waals surface area contributed by atoms with E-state index in [0.717, 1.165) is 19.3 Å². The molecule has 1 heteroatoms. The van der Waals surface area contributed by atoms with Crippen LogP contribution in [0.2, 0.25) is 0 Å². The molecule has 0 aromatic heterocycles. The standard InChI is InChI=1S/C21H44O/c1-4-6-7-8-9-10-11-12-13-14-15-16-17-18-20-21(3,22)19-5-2/h22H,4-20H2,1-3H3. The van der Waals surface area contributed by atoms with E-state index in [2.05, 4.69) is 13.8 Å². The minimum Gasteiger partial charge on any atom is -0.390 e. The maximum Gasteiger partial charge on any atom is 0.0619 e. The first-order valence-corrected chi connectivity index (χ1v) is 10.3. The summed E-state index contributed by atoms with van der Waals surface area (Å²) in [6.07, 6.45) is 22.6. The molecule has 0 rings (SSSR count). The summed E-state index contributed by atoms with van der Waals surface area (Å²) in [4.78, 5) is 0. The average Bonchev–Trinajstić information content (AvgIpc) is 2.47. The summed E-state index contributed by atoms with van der Waals surface area (Å²) in [5.74, 6) is 0. The van der Waals surface area contributed by atoms with Gasteiger partial charge < -0.3 is 5.11 Å². The Balaban J connectivity index is 3.11. The fourth-order valence-corrected chi connectivity index (χ4v) is 3.36. The Morgan fingerprint density at radius 3 is 1.23 bits per heavy atom. The van der Waals surface area contributed by atoms with Crippen LogP contribution >= 0.6 is 0 Å². The summed E-state index contributed by atoms with van der Waals surface area (Å²) in [5, 5.41) is 10.1.